The second-order valence-electron chi connectivity index (χ2n) is 4.71. The molecule has 2 N–H and O–H groups in total. The number of hydrogen-bond donors (Lipinski definition) is 2. The van der Waals surface area contributed by atoms with E-state index in [1.54, 1.807) is 12.1 Å². The first-order valence-electron chi connectivity index (χ1n) is 6.65. The molecular formula is C15H15N3O2S. The van der Waals surface area contributed by atoms with E-state index < -0.39 is 10.0 Å². The van der Waals surface area contributed by atoms with Gasteiger partial charge in [-0.15, -0.1) is 0 Å². The van der Waals surface area contributed by atoms with Crippen molar-refractivity contribution in [1.29, 1.82) is 0 Å². The number of H-pyrrole nitrogens is 1. The van der Waals surface area contributed by atoms with Gasteiger partial charge < -0.3 is 4.98 Å². The summed E-state index contributed by atoms with van der Waals surface area (Å²) in [6.07, 6.45) is 0.872. The maximum absolute atomic E-state index is 12.3. The highest BCUT2D eigenvalue weighted by Gasteiger charge is 2.16. The number of para-hydroxylation sites is 2. The van der Waals surface area contributed by atoms with Gasteiger partial charge in [-0.2, -0.15) is 0 Å². The Labute approximate surface area is 123 Å². The minimum atomic E-state index is -3.63. The Morgan fingerprint density at radius 2 is 1.81 bits per heavy atom. The molecule has 0 radical (unpaired) electrons. The van der Waals surface area contributed by atoms with Gasteiger partial charge in [-0.1, -0.05) is 31.2 Å². The molecule has 0 unspecified atom stereocenters. The quantitative estimate of drug-likeness (QED) is 0.778. The largest absolute Gasteiger partial charge is 0.323 e. The lowest BCUT2D eigenvalue weighted by atomic mass is 10.2. The average molecular weight is 301 g/mol. The van der Waals surface area contributed by atoms with Crippen LogP contribution in [-0.2, 0) is 16.4 Å². The number of aromatic nitrogens is 2. The molecule has 0 bridgehead atoms. The molecule has 21 heavy (non-hydrogen) atoms. The van der Waals surface area contributed by atoms with E-state index in [-0.39, 0.29) is 10.8 Å². The molecule has 0 aliphatic carbocycles. The number of aromatic amines is 1. The molecule has 0 amide bonds. The van der Waals surface area contributed by atoms with E-state index in [1.807, 2.05) is 43.3 Å². The Balaban J connectivity index is 1.91. The molecule has 1 heterocycles. The molecule has 0 fully saturated rings. The van der Waals surface area contributed by atoms with Gasteiger partial charge in [-0.25, -0.2) is 18.1 Å². The predicted octanol–water partition coefficient (Wildman–Crippen LogP) is 2.93. The summed E-state index contributed by atoms with van der Waals surface area (Å²) in [7, 11) is -3.63. The van der Waals surface area contributed by atoms with Gasteiger partial charge in [0.2, 0.25) is 5.95 Å². The number of sulfonamides is 1. The van der Waals surface area contributed by atoms with Crippen molar-refractivity contribution in [2.45, 2.75) is 18.2 Å². The van der Waals surface area contributed by atoms with Gasteiger partial charge in [-0.05, 0) is 36.2 Å². The van der Waals surface area contributed by atoms with E-state index in [4.69, 9.17) is 0 Å². The first-order valence-corrected chi connectivity index (χ1v) is 8.13. The zero-order chi connectivity index (χ0) is 14.9. The van der Waals surface area contributed by atoms with Crippen LogP contribution in [0.1, 0.15) is 12.5 Å². The van der Waals surface area contributed by atoms with Crippen molar-refractivity contribution in [3.05, 3.63) is 54.1 Å². The number of rotatable bonds is 4. The lowest BCUT2D eigenvalue weighted by Crippen LogP contribution is -2.13. The molecule has 6 heteroatoms. The maximum atomic E-state index is 12.3. The van der Waals surface area contributed by atoms with E-state index in [0.717, 1.165) is 23.0 Å². The first-order chi connectivity index (χ1) is 10.1. The molecule has 0 atom stereocenters. The highest BCUT2D eigenvalue weighted by Crippen LogP contribution is 2.18. The third kappa shape index (κ3) is 2.75. The van der Waals surface area contributed by atoms with Crippen molar-refractivity contribution in [2.75, 3.05) is 4.72 Å². The summed E-state index contributed by atoms with van der Waals surface area (Å²) in [5.41, 5.74) is 2.60. The van der Waals surface area contributed by atoms with Gasteiger partial charge in [0, 0.05) is 0 Å². The monoisotopic (exact) mass is 301 g/mol. The third-order valence-corrected chi connectivity index (χ3v) is 4.62. The number of anilines is 1. The standard InChI is InChI=1S/C15H15N3O2S/c1-2-11-7-9-12(10-8-11)21(19,20)18-15-16-13-5-3-4-6-14(13)17-15/h3-10H,2H2,1H3,(H2,16,17,18). The highest BCUT2D eigenvalue weighted by atomic mass is 32.2. The number of nitrogens with one attached hydrogen (secondary N) is 2. The Morgan fingerprint density at radius 3 is 2.48 bits per heavy atom. The molecule has 2 aromatic carbocycles. The Kier molecular flexibility index (Phi) is 3.39. The van der Waals surface area contributed by atoms with Crippen LogP contribution in [0.5, 0.6) is 0 Å². The number of hydrogen-bond acceptors (Lipinski definition) is 3. The van der Waals surface area contributed by atoms with E-state index in [9.17, 15) is 8.42 Å². The second-order valence-corrected chi connectivity index (χ2v) is 6.39. The summed E-state index contributed by atoms with van der Waals surface area (Å²) in [6.45, 7) is 2.02. The van der Waals surface area contributed by atoms with Crippen LogP contribution < -0.4 is 4.72 Å². The Hall–Kier alpha value is -2.34. The van der Waals surface area contributed by atoms with Crippen molar-refractivity contribution in [3.8, 4) is 0 Å². The molecule has 3 rings (SSSR count). The van der Waals surface area contributed by atoms with E-state index in [2.05, 4.69) is 14.7 Å². The molecule has 1 aromatic heterocycles. The van der Waals surface area contributed by atoms with Crippen LogP contribution in [0.4, 0.5) is 5.95 Å². The number of aryl methyl sites for hydroxylation is 1. The smallest absolute Gasteiger partial charge is 0.264 e. The highest BCUT2D eigenvalue weighted by molar-refractivity contribution is 7.92. The van der Waals surface area contributed by atoms with Gasteiger partial charge in [0.25, 0.3) is 10.0 Å². The van der Waals surface area contributed by atoms with Crippen LogP contribution in [0.25, 0.3) is 11.0 Å². The topological polar surface area (TPSA) is 74.8 Å². The van der Waals surface area contributed by atoms with E-state index >= 15 is 0 Å². The summed E-state index contributed by atoms with van der Waals surface area (Å²) < 4.78 is 27.1. The SMILES string of the molecule is CCc1ccc(S(=O)(=O)Nc2nc3ccccc3[nH]2)cc1. The molecule has 0 saturated carbocycles. The first kappa shape index (κ1) is 13.6. The second kappa shape index (κ2) is 5.21. The Bertz CT molecular complexity index is 834. The molecule has 0 spiro atoms. The zero-order valence-electron chi connectivity index (χ0n) is 11.5. The van der Waals surface area contributed by atoms with Crippen LogP contribution >= 0.6 is 0 Å². The minimum absolute atomic E-state index is 0.218. The van der Waals surface area contributed by atoms with Crippen LogP contribution in [0.15, 0.2) is 53.4 Å². The number of benzene rings is 2. The van der Waals surface area contributed by atoms with Gasteiger partial charge >= 0.3 is 0 Å². The van der Waals surface area contributed by atoms with Crippen LogP contribution in [0.3, 0.4) is 0 Å². The average Bonchev–Trinajstić information content (AvgIpc) is 2.88. The normalized spacial score (nSPS) is 11.7. The van der Waals surface area contributed by atoms with Gasteiger partial charge in [0.1, 0.15) is 0 Å². The Morgan fingerprint density at radius 1 is 1.10 bits per heavy atom. The summed E-state index contributed by atoms with van der Waals surface area (Å²) >= 11 is 0. The van der Waals surface area contributed by atoms with Crippen LogP contribution in [0, 0.1) is 0 Å². The van der Waals surface area contributed by atoms with Crippen LogP contribution in [0.2, 0.25) is 0 Å². The van der Waals surface area contributed by atoms with Crippen molar-refractivity contribution in [1.82, 2.24) is 9.97 Å². The van der Waals surface area contributed by atoms with Crippen molar-refractivity contribution >= 4 is 27.0 Å². The summed E-state index contributed by atoms with van der Waals surface area (Å²) in [6, 6.07) is 14.2. The molecule has 3 aromatic rings. The maximum Gasteiger partial charge on any atom is 0.264 e. The van der Waals surface area contributed by atoms with Gasteiger partial charge in [0.05, 0.1) is 15.9 Å². The number of nitrogens with zero attached hydrogens (tertiary/aromatic N) is 1. The number of imidazole rings is 1. The molecule has 108 valence electrons. The fourth-order valence-electron chi connectivity index (χ4n) is 2.09. The summed E-state index contributed by atoms with van der Waals surface area (Å²) in [5.74, 6) is 0.218. The van der Waals surface area contributed by atoms with Crippen molar-refractivity contribution in [2.24, 2.45) is 0 Å². The van der Waals surface area contributed by atoms with Gasteiger partial charge in [0.15, 0.2) is 0 Å². The van der Waals surface area contributed by atoms with Crippen LogP contribution in [-0.4, -0.2) is 18.4 Å². The zero-order valence-corrected chi connectivity index (χ0v) is 12.3. The summed E-state index contributed by atoms with van der Waals surface area (Å²) in [4.78, 5) is 7.38. The molecule has 5 nitrogen and oxygen atoms in total. The van der Waals surface area contributed by atoms with Gasteiger partial charge in [-0.3, -0.25) is 0 Å². The molecular weight excluding hydrogens is 286 g/mol. The number of fused-ring (bicyclic) bond motifs is 1. The lowest BCUT2D eigenvalue weighted by Gasteiger charge is -2.05. The molecule has 0 saturated heterocycles. The fourth-order valence-corrected chi connectivity index (χ4v) is 3.06. The van der Waals surface area contributed by atoms with Crippen molar-refractivity contribution < 1.29 is 8.42 Å². The molecule has 0 aliphatic rings. The fraction of sp³-hybridized carbons (Fsp3) is 0.133. The summed E-state index contributed by atoms with van der Waals surface area (Å²) in [5, 5.41) is 0. The molecule has 0 aliphatic heterocycles. The minimum Gasteiger partial charge on any atom is -0.323 e. The van der Waals surface area contributed by atoms with Crippen molar-refractivity contribution in [3.63, 3.8) is 0 Å². The van der Waals surface area contributed by atoms with E-state index in [1.165, 1.54) is 0 Å². The third-order valence-electron chi connectivity index (χ3n) is 3.26. The van der Waals surface area contributed by atoms with E-state index in [0.29, 0.717) is 0 Å². The lowest BCUT2D eigenvalue weighted by molar-refractivity contribution is 0.601. The predicted molar refractivity (Wildman–Crippen MR) is 82.7 cm³/mol.